The molecule has 0 radical (unpaired) electrons. The minimum absolute atomic E-state index is 0.160. The Morgan fingerprint density at radius 2 is 1.94 bits per heavy atom. The minimum Gasteiger partial charge on any atom is -0.496 e. The number of H-pyrrole nitrogens is 1. The SMILES string of the molecule is COc1ccc(NC(=O)CCc2c(C)nc(N3CCOCC3)[nH]c2=O)cc1Cc1ccccc1. The van der Waals surface area contributed by atoms with Crippen molar-refractivity contribution in [1.29, 1.82) is 0 Å². The van der Waals surface area contributed by atoms with Crippen molar-refractivity contribution in [3.05, 3.63) is 81.3 Å². The lowest BCUT2D eigenvalue weighted by Crippen LogP contribution is -2.38. The molecule has 1 aliphatic heterocycles. The Hall–Kier alpha value is -3.65. The first-order valence-electron chi connectivity index (χ1n) is 11.5. The van der Waals surface area contributed by atoms with Crippen LogP contribution >= 0.6 is 0 Å². The van der Waals surface area contributed by atoms with Gasteiger partial charge in [0, 0.05) is 48.4 Å². The van der Waals surface area contributed by atoms with Crippen LogP contribution in [0.1, 0.15) is 28.8 Å². The van der Waals surface area contributed by atoms with Crippen LogP contribution in [-0.4, -0.2) is 49.3 Å². The summed E-state index contributed by atoms with van der Waals surface area (Å²) >= 11 is 0. The second-order valence-electron chi connectivity index (χ2n) is 8.29. The van der Waals surface area contributed by atoms with Crippen molar-refractivity contribution in [2.75, 3.05) is 43.6 Å². The maximum absolute atomic E-state index is 12.7. The molecule has 1 amide bonds. The Bertz CT molecular complexity index is 1190. The minimum atomic E-state index is -0.198. The van der Waals surface area contributed by atoms with Crippen molar-refractivity contribution in [1.82, 2.24) is 9.97 Å². The van der Waals surface area contributed by atoms with Gasteiger partial charge in [-0.05, 0) is 37.1 Å². The lowest BCUT2D eigenvalue weighted by atomic mass is 10.0. The van der Waals surface area contributed by atoms with Gasteiger partial charge in [0.15, 0.2) is 0 Å². The zero-order valence-electron chi connectivity index (χ0n) is 19.6. The molecule has 0 unspecified atom stereocenters. The highest BCUT2D eigenvalue weighted by molar-refractivity contribution is 5.91. The Balaban J connectivity index is 1.40. The maximum atomic E-state index is 12.7. The fraction of sp³-hybridized carbons (Fsp3) is 0.346. The van der Waals surface area contributed by atoms with Gasteiger partial charge in [0.25, 0.3) is 5.56 Å². The van der Waals surface area contributed by atoms with Crippen LogP contribution in [0, 0.1) is 6.92 Å². The average molecular weight is 463 g/mol. The first-order valence-corrected chi connectivity index (χ1v) is 11.5. The van der Waals surface area contributed by atoms with Gasteiger partial charge in [0.1, 0.15) is 5.75 Å². The van der Waals surface area contributed by atoms with Crippen molar-refractivity contribution < 1.29 is 14.3 Å². The third-order valence-electron chi connectivity index (χ3n) is 5.92. The number of aromatic nitrogens is 2. The highest BCUT2D eigenvalue weighted by Gasteiger charge is 2.17. The van der Waals surface area contributed by atoms with Crippen LogP contribution in [0.25, 0.3) is 0 Å². The third-order valence-corrected chi connectivity index (χ3v) is 5.92. The molecule has 1 fully saturated rings. The summed E-state index contributed by atoms with van der Waals surface area (Å²) in [4.78, 5) is 34.7. The predicted molar refractivity (Wildman–Crippen MR) is 132 cm³/mol. The molecule has 1 saturated heterocycles. The number of nitrogens with zero attached hydrogens (tertiary/aromatic N) is 2. The summed E-state index contributed by atoms with van der Waals surface area (Å²) < 4.78 is 10.9. The number of hydrogen-bond acceptors (Lipinski definition) is 6. The number of carbonyl (C=O) groups excluding carboxylic acids is 1. The smallest absolute Gasteiger partial charge is 0.255 e. The number of carbonyl (C=O) groups is 1. The van der Waals surface area contributed by atoms with Crippen molar-refractivity contribution >= 4 is 17.5 Å². The van der Waals surface area contributed by atoms with Crippen molar-refractivity contribution in [2.45, 2.75) is 26.2 Å². The molecule has 8 heteroatoms. The second kappa shape index (κ2) is 11.0. The number of rotatable bonds is 8. The molecule has 3 aromatic rings. The molecular weight excluding hydrogens is 432 g/mol. The Labute approximate surface area is 198 Å². The van der Waals surface area contributed by atoms with Crippen molar-refractivity contribution in [3.8, 4) is 5.75 Å². The molecule has 8 nitrogen and oxygen atoms in total. The molecule has 0 aliphatic carbocycles. The number of morpholine rings is 1. The van der Waals surface area contributed by atoms with E-state index in [2.05, 4.69) is 27.4 Å². The molecule has 1 aliphatic rings. The van der Waals surface area contributed by atoms with Gasteiger partial charge in [0.05, 0.1) is 20.3 Å². The predicted octanol–water partition coefficient (Wildman–Crippen LogP) is 3.09. The molecule has 2 N–H and O–H groups in total. The quantitative estimate of drug-likeness (QED) is 0.534. The Kier molecular flexibility index (Phi) is 7.59. The van der Waals surface area contributed by atoms with E-state index in [1.165, 1.54) is 0 Å². The van der Waals surface area contributed by atoms with E-state index in [1.54, 1.807) is 7.11 Å². The highest BCUT2D eigenvalue weighted by Crippen LogP contribution is 2.25. The van der Waals surface area contributed by atoms with Crippen LogP contribution in [0.2, 0.25) is 0 Å². The number of methoxy groups -OCH3 is 1. The molecule has 34 heavy (non-hydrogen) atoms. The number of hydrogen-bond donors (Lipinski definition) is 2. The number of aryl methyl sites for hydroxylation is 1. The van der Waals surface area contributed by atoms with Gasteiger partial charge in [0.2, 0.25) is 11.9 Å². The normalized spacial score (nSPS) is 13.5. The summed E-state index contributed by atoms with van der Waals surface area (Å²) in [6, 6.07) is 15.7. The van der Waals surface area contributed by atoms with E-state index in [0.29, 0.717) is 62.0 Å². The summed E-state index contributed by atoms with van der Waals surface area (Å²) in [5.41, 5.74) is 3.83. The summed E-state index contributed by atoms with van der Waals surface area (Å²) in [7, 11) is 1.64. The maximum Gasteiger partial charge on any atom is 0.255 e. The average Bonchev–Trinajstić information content (AvgIpc) is 2.85. The Morgan fingerprint density at radius 1 is 1.18 bits per heavy atom. The number of ether oxygens (including phenoxy) is 2. The van der Waals surface area contributed by atoms with E-state index < -0.39 is 0 Å². The first kappa shape index (κ1) is 23.5. The van der Waals surface area contributed by atoms with Gasteiger partial charge in [-0.1, -0.05) is 30.3 Å². The Morgan fingerprint density at radius 3 is 2.65 bits per heavy atom. The first-order chi connectivity index (χ1) is 16.5. The van der Waals surface area contributed by atoms with Crippen LogP contribution in [-0.2, 0) is 22.4 Å². The van der Waals surface area contributed by atoms with Gasteiger partial charge < -0.3 is 19.7 Å². The summed E-state index contributed by atoms with van der Waals surface area (Å²) in [5.74, 6) is 1.17. The number of amides is 1. The largest absolute Gasteiger partial charge is 0.496 e. The third kappa shape index (κ3) is 5.82. The molecule has 2 aromatic carbocycles. The van der Waals surface area contributed by atoms with E-state index in [0.717, 1.165) is 16.9 Å². The highest BCUT2D eigenvalue weighted by atomic mass is 16.5. The van der Waals surface area contributed by atoms with Gasteiger partial charge in [-0.3, -0.25) is 14.6 Å². The molecule has 178 valence electrons. The van der Waals surface area contributed by atoms with Crippen LogP contribution in [0.5, 0.6) is 5.75 Å². The van der Waals surface area contributed by atoms with E-state index in [-0.39, 0.29) is 17.9 Å². The molecular formula is C26H30N4O4. The van der Waals surface area contributed by atoms with Gasteiger partial charge in [-0.25, -0.2) is 4.98 Å². The summed E-state index contributed by atoms with van der Waals surface area (Å²) in [6.07, 6.45) is 1.20. The lowest BCUT2D eigenvalue weighted by Gasteiger charge is -2.27. The van der Waals surface area contributed by atoms with Crippen molar-refractivity contribution in [3.63, 3.8) is 0 Å². The zero-order chi connectivity index (χ0) is 23.9. The molecule has 2 heterocycles. The standard InChI is InChI=1S/C26H30N4O4/c1-18-22(25(32)29-26(27-18)30-12-14-34-15-13-30)9-11-24(31)28-21-8-10-23(33-2)20(17-21)16-19-6-4-3-5-7-19/h3-8,10,17H,9,11-16H2,1-2H3,(H,28,31)(H,27,29,32). The van der Waals surface area contributed by atoms with Gasteiger partial charge in [-0.2, -0.15) is 0 Å². The van der Waals surface area contributed by atoms with E-state index in [1.807, 2.05) is 48.2 Å². The second-order valence-corrected chi connectivity index (χ2v) is 8.29. The molecule has 0 atom stereocenters. The fourth-order valence-electron chi connectivity index (χ4n) is 4.09. The van der Waals surface area contributed by atoms with Crippen LogP contribution in [0.4, 0.5) is 11.6 Å². The number of benzene rings is 2. The van der Waals surface area contributed by atoms with Gasteiger partial charge in [-0.15, -0.1) is 0 Å². The number of anilines is 2. The van der Waals surface area contributed by atoms with E-state index >= 15 is 0 Å². The van der Waals surface area contributed by atoms with Crippen LogP contribution in [0.3, 0.4) is 0 Å². The summed E-state index contributed by atoms with van der Waals surface area (Å²) in [5, 5.41) is 2.94. The number of aromatic amines is 1. The van der Waals surface area contributed by atoms with Crippen LogP contribution in [0.15, 0.2) is 53.3 Å². The zero-order valence-corrected chi connectivity index (χ0v) is 19.6. The van der Waals surface area contributed by atoms with Gasteiger partial charge >= 0.3 is 0 Å². The van der Waals surface area contributed by atoms with E-state index in [4.69, 9.17) is 9.47 Å². The van der Waals surface area contributed by atoms with E-state index in [9.17, 15) is 9.59 Å². The molecule has 1 aromatic heterocycles. The molecule has 0 spiro atoms. The lowest BCUT2D eigenvalue weighted by molar-refractivity contribution is -0.116. The van der Waals surface area contributed by atoms with Crippen molar-refractivity contribution in [2.24, 2.45) is 0 Å². The molecule has 0 saturated carbocycles. The topological polar surface area (TPSA) is 96.5 Å². The summed E-state index contributed by atoms with van der Waals surface area (Å²) in [6.45, 7) is 4.43. The van der Waals surface area contributed by atoms with Crippen LogP contribution < -0.4 is 20.5 Å². The molecule has 0 bridgehead atoms. The fourth-order valence-corrected chi connectivity index (χ4v) is 4.09. The number of nitrogens with one attached hydrogen (secondary N) is 2. The molecule has 4 rings (SSSR count). The monoisotopic (exact) mass is 462 g/mol.